The molecule has 0 unspecified atom stereocenters. The van der Waals surface area contributed by atoms with E-state index in [0.717, 1.165) is 24.4 Å². The summed E-state index contributed by atoms with van der Waals surface area (Å²) in [6.07, 6.45) is 6.65. The Bertz CT molecular complexity index is 425. The molecule has 104 valence electrons. The maximum Gasteiger partial charge on any atom is 0.230 e. The zero-order chi connectivity index (χ0) is 12.6. The van der Waals surface area contributed by atoms with Gasteiger partial charge in [-0.25, -0.2) is 0 Å². The van der Waals surface area contributed by atoms with E-state index in [9.17, 15) is 4.79 Å². The first-order valence-corrected chi connectivity index (χ1v) is 7.01. The molecule has 1 aliphatic rings. The van der Waals surface area contributed by atoms with Gasteiger partial charge in [-0.3, -0.25) is 9.78 Å². The summed E-state index contributed by atoms with van der Waals surface area (Å²) in [7, 11) is 0. The predicted molar refractivity (Wildman–Crippen MR) is 80.8 cm³/mol. The minimum absolute atomic E-state index is 0. The molecule has 6 heteroatoms. The van der Waals surface area contributed by atoms with Gasteiger partial charge in [0.2, 0.25) is 5.91 Å². The normalized spacial score (nSPS) is 14.2. The van der Waals surface area contributed by atoms with E-state index < -0.39 is 0 Å². The van der Waals surface area contributed by atoms with Crippen molar-refractivity contribution < 1.29 is 4.79 Å². The Balaban J connectivity index is 0.00000180. The van der Waals surface area contributed by atoms with Gasteiger partial charge in [0.15, 0.2) is 0 Å². The number of carbonyl (C=O) groups excluding carboxylic acids is 1. The first-order chi connectivity index (χ1) is 8.84. The number of pyridine rings is 1. The average molecular weight is 300 g/mol. The number of nitrogens with zero attached hydrogens (tertiary/aromatic N) is 1. The van der Waals surface area contributed by atoms with Gasteiger partial charge in [-0.1, -0.05) is 11.6 Å². The lowest BCUT2D eigenvalue weighted by Gasteiger charge is -2.14. The molecule has 0 aromatic carbocycles. The minimum Gasteiger partial charge on any atom is -0.352 e. The molecule has 2 rings (SSSR count). The molecule has 1 aromatic heterocycles. The van der Waals surface area contributed by atoms with Crippen LogP contribution in [0.1, 0.15) is 6.42 Å². The zero-order valence-electron chi connectivity index (χ0n) is 10.6. The number of amides is 1. The maximum absolute atomic E-state index is 11.7. The summed E-state index contributed by atoms with van der Waals surface area (Å²) in [6.45, 7) is 2.60. The van der Waals surface area contributed by atoms with Crippen LogP contribution in [0.15, 0.2) is 41.1 Å². The van der Waals surface area contributed by atoms with Crippen LogP contribution in [0.25, 0.3) is 0 Å². The minimum atomic E-state index is 0. The number of thioether (sulfide) groups is 1. The summed E-state index contributed by atoms with van der Waals surface area (Å²) in [4.78, 5) is 16.7. The highest BCUT2D eigenvalue weighted by Crippen LogP contribution is 2.15. The molecular weight excluding hydrogens is 282 g/mol. The van der Waals surface area contributed by atoms with E-state index in [1.54, 1.807) is 12.4 Å². The number of halogens is 1. The second-order valence-electron chi connectivity index (χ2n) is 4.06. The number of hydrogen-bond donors (Lipinski definition) is 2. The lowest BCUT2D eigenvalue weighted by atomic mass is 10.1. The van der Waals surface area contributed by atoms with E-state index in [1.807, 2.05) is 12.1 Å². The Morgan fingerprint density at radius 3 is 2.89 bits per heavy atom. The van der Waals surface area contributed by atoms with Crippen LogP contribution < -0.4 is 10.6 Å². The van der Waals surface area contributed by atoms with Crippen molar-refractivity contribution in [3.63, 3.8) is 0 Å². The van der Waals surface area contributed by atoms with Gasteiger partial charge in [-0.2, -0.15) is 0 Å². The SMILES string of the molecule is Cl.O=C(CSc1ccncc1)NCC1=CCNCC1. The Hall–Kier alpha value is -1.04. The van der Waals surface area contributed by atoms with Gasteiger partial charge in [0.1, 0.15) is 0 Å². The van der Waals surface area contributed by atoms with Crippen molar-refractivity contribution in [3.05, 3.63) is 36.2 Å². The Morgan fingerprint density at radius 2 is 2.21 bits per heavy atom. The summed E-state index contributed by atoms with van der Waals surface area (Å²) in [5.74, 6) is 0.534. The third-order valence-electron chi connectivity index (χ3n) is 2.69. The number of nitrogens with one attached hydrogen (secondary N) is 2. The van der Waals surface area contributed by atoms with Gasteiger partial charge in [0.25, 0.3) is 0 Å². The Labute approximate surface area is 123 Å². The van der Waals surface area contributed by atoms with Crippen LogP contribution in [-0.4, -0.2) is 36.3 Å². The van der Waals surface area contributed by atoms with E-state index >= 15 is 0 Å². The summed E-state index contributed by atoms with van der Waals surface area (Å²) >= 11 is 1.53. The largest absolute Gasteiger partial charge is 0.352 e. The van der Waals surface area contributed by atoms with Gasteiger partial charge in [0, 0.05) is 30.4 Å². The fourth-order valence-corrected chi connectivity index (χ4v) is 2.39. The second kappa shape index (κ2) is 8.96. The van der Waals surface area contributed by atoms with Gasteiger partial charge in [-0.15, -0.1) is 24.2 Å². The van der Waals surface area contributed by atoms with Crippen molar-refractivity contribution >= 4 is 30.1 Å². The quantitative estimate of drug-likeness (QED) is 0.641. The van der Waals surface area contributed by atoms with E-state index in [1.165, 1.54) is 17.3 Å². The lowest BCUT2D eigenvalue weighted by Crippen LogP contribution is -2.30. The van der Waals surface area contributed by atoms with Gasteiger partial charge < -0.3 is 10.6 Å². The monoisotopic (exact) mass is 299 g/mol. The number of hydrogen-bond acceptors (Lipinski definition) is 4. The van der Waals surface area contributed by atoms with Crippen LogP contribution in [0.4, 0.5) is 0 Å². The molecule has 0 spiro atoms. The average Bonchev–Trinajstić information content (AvgIpc) is 2.45. The molecular formula is C13H18ClN3OS. The van der Waals surface area contributed by atoms with Gasteiger partial charge in [0.05, 0.1) is 5.75 Å². The van der Waals surface area contributed by atoms with Crippen molar-refractivity contribution in [1.82, 2.24) is 15.6 Å². The van der Waals surface area contributed by atoms with Crippen molar-refractivity contribution in [1.29, 1.82) is 0 Å². The molecule has 2 heterocycles. The summed E-state index contributed by atoms with van der Waals surface area (Å²) in [5.41, 5.74) is 1.32. The number of aromatic nitrogens is 1. The van der Waals surface area contributed by atoms with E-state index in [-0.39, 0.29) is 18.3 Å². The standard InChI is InChI=1S/C13H17N3OS.ClH/c17-13(10-18-12-3-7-15-8-4-12)16-9-11-1-5-14-6-2-11;/h1,3-4,7-8,14H,2,5-6,9-10H2,(H,16,17);1H. The van der Waals surface area contributed by atoms with Crippen LogP contribution in [0.5, 0.6) is 0 Å². The van der Waals surface area contributed by atoms with E-state index in [4.69, 9.17) is 0 Å². The first-order valence-electron chi connectivity index (χ1n) is 6.03. The van der Waals surface area contributed by atoms with Crippen LogP contribution in [-0.2, 0) is 4.79 Å². The smallest absolute Gasteiger partial charge is 0.230 e. The summed E-state index contributed by atoms with van der Waals surface area (Å²) in [6, 6.07) is 3.82. The second-order valence-corrected chi connectivity index (χ2v) is 5.11. The van der Waals surface area contributed by atoms with Crippen molar-refractivity contribution in [2.24, 2.45) is 0 Å². The van der Waals surface area contributed by atoms with Crippen molar-refractivity contribution in [2.45, 2.75) is 11.3 Å². The predicted octanol–water partition coefficient (Wildman–Crippen LogP) is 1.63. The molecule has 1 aromatic rings. The number of rotatable bonds is 5. The molecule has 1 aliphatic heterocycles. The molecule has 0 aliphatic carbocycles. The Morgan fingerprint density at radius 1 is 1.42 bits per heavy atom. The molecule has 0 saturated heterocycles. The highest BCUT2D eigenvalue weighted by Gasteiger charge is 2.06. The first kappa shape index (κ1) is 16.0. The summed E-state index contributed by atoms with van der Waals surface area (Å²) < 4.78 is 0. The molecule has 0 bridgehead atoms. The van der Waals surface area contributed by atoms with Crippen LogP contribution in [0.2, 0.25) is 0 Å². The zero-order valence-corrected chi connectivity index (χ0v) is 12.2. The van der Waals surface area contributed by atoms with Crippen molar-refractivity contribution in [2.75, 3.05) is 25.4 Å². The van der Waals surface area contributed by atoms with E-state index in [2.05, 4.69) is 21.7 Å². The molecule has 2 N–H and O–H groups in total. The third kappa shape index (κ3) is 6.09. The highest BCUT2D eigenvalue weighted by molar-refractivity contribution is 8.00. The molecule has 1 amide bonds. The fourth-order valence-electron chi connectivity index (χ4n) is 1.68. The summed E-state index contributed by atoms with van der Waals surface area (Å²) in [5, 5.41) is 6.20. The number of carbonyl (C=O) groups is 1. The van der Waals surface area contributed by atoms with E-state index in [0.29, 0.717) is 12.3 Å². The molecule has 19 heavy (non-hydrogen) atoms. The topological polar surface area (TPSA) is 54.0 Å². The molecule has 4 nitrogen and oxygen atoms in total. The van der Waals surface area contributed by atoms with Crippen LogP contribution in [0, 0.1) is 0 Å². The maximum atomic E-state index is 11.7. The van der Waals surface area contributed by atoms with Crippen LogP contribution in [0.3, 0.4) is 0 Å². The fraction of sp³-hybridized carbons (Fsp3) is 0.385. The van der Waals surface area contributed by atoms with Gasteiger partial charge in [-0.05, 0) is 25.1 Å². The van der Waals surface area contributed by atoms with Crippen molar-refractivity contribution in [3.8, 4) is 0 Å². The highest BCUT2D eigenvalue weighted by atomic mass is 35.5. The Kier molecular flexibility index (Phi) is 7.55. The molecule has 0 saturated carbocycles. The van der Waals surface area contributed by atoms with Crippen LogP contribution >= 0.6 is 24.2 Å². The van der Waals surface area contributed by atoms with Gasteiger partial charge >= 0.3 is 0 Å². The molecule has 0 fully saturated rings. The molecule has 0 radical (unpaired) electrons. The lowest BCUT2D eigenvalue weighted by molar-refractivity contribution is -0.118. The third-order valence-corrected chi connectivity index (χ3v) is 3.70. The molecule has 0 atom stereocenters.